The number of hydrazone groups is 1. The summed E-state index contributed by atoms with van der Waals surface area (Å²) >= 11 is 0. The number of carbonyl (C=O) groups excluding carboxylic acids is 2. The van der Waals surface area contributed by atoms with Crippen molar-refractivity contribution in [3.05, 3.63) is 53.6 Å². The maximum atomic E-state index is 12.0. The standard InChI is InChI=1S/C19H21N3O5/c1-25-15-6-4-13(5-7-15)19(24)20-12-18(23)22-21-11-14-10-16(26-2)8-9-17(14)27-3/h4-11H,12H2,1-3H3,(H,20,24)(H,22,23)/b21-11-. The molecule has 0 aliphatic carbocycles. The summed E-state index contributed by atoms with van der Waals surface area (Å²) in [5.74, 6) is 1.03. The van der Waals surface area contributed by atoms with Gasteiger partial charge in [-0.2, -0.15) is 5.10 Å². The Morgan fingerprint density at radius 1 is 0.963 bits per heavy atom. The van der Waals surface area contributed by atoms with Crippen molar-refractivity contribution in [2.24, 2.45) is 5.10 Å². The Labute approximate surface area is 157 Å². The lowest BCUT2D eigenvalue weighted by Crippen LogP contribution is -2.34. The van der Waals surface area contributed by atoms with Gasteiger partial charge in [-0.05, 0) is 42.5 Å². The number of benzene rings is 2. The fourth-order valence-corrected chi connectivity index (χ4v) is 2.16. The third kappa shape index (κ3) is 5.74. The number of hydrogen-bond donors (Lipinski definition) is 2. The van der Waals surface area contributed by atoms with E-state index in [-0.39, 0.29) is 12.5 Å². The molecule has 0 saturated carbocycles. The van der Waals surface area contributed by atoms with E-state index in [1.807, 2.05) is 0 Å². The predicted octanol–water partition coefficient (Wildman–Crippen LogP) is 1.59. The third-order valence-corrected chi connectivity index (χ3v) is 3.59. The first-order valence-electron chi connectivity index (χ1n) is 8.03. The number of ether oxygens (including phenoxy) is 3. The van der Waals surface area contributed by atoms with E-state index < -0.39 is 5.91 Å². The van der Waals surface area contributed by atoms with Gasteiger partial charge in [-0.15, -0.1) is 0 Å². The van der Waals surface area contributed by atoms with E-state index in [1.54, 1.807) is 56.7 Å². The second kappa shape index (κ2) is 9.81. The van der Waals surface area contributed by atoms with Crippen LogP contribution in [0.5, 0.6) is 17.2 Å². The van der Waals surface area contributed by atoms with Crippen molar-refractivity contribution < 1.29 is 23.8 Å². The number of methoxy groups -OCH3 is 3. The lowest BCUT2D eigenvalue weighted by molar-refractivity contribution is -0.120. The van der Waals surface area contributed by atoms with E-state index in [0.29, 0.717) is 28.4 Å². The zero-order valence-electron chi connectivity index (χ0n) is 15.3. The molecule has 2 aromatic carbocycles. The van der Waals surface area contributed by atoms with Gasteiger partial charge < -0.3 is 19.5 Å². The minimum absolute atomic E-state index is 0.211. The first kappa shape index (κ1) is 19.8. The lowest BCUT2D eigenvalue weighted by atomic mass is 10.2. The number of nitrogens with one attached hydrogen (secondary N) is 2. The summed E-state index contributed by atoms with van der Waals surface area (Å²) in [5, 5.41) is 6.39. The highest BCUT2D eigenvalue weighted by molar-refractivity contribution is 5.96. The molecule has 0 aliphatic rings. The molecule has 0 aromatic heterocycles. The van der Waals surface area contributed by atoms with Crippen LogP contribution in [0.4, 0.5) is 0 Å². The molecule has 2 rings (SSSR count). The molecular formula is C19H21N3O5. The van der Waals surface area contributed by atoms with Gasteiger partial charge in [-0.1, -0.05) is 0 Å². The van der Waals surface area contributed by atoms with Crippen molar-refractivity contribution in [3.63, 3.8) is 0 Å². The lowest BCUT2D eigenvalue weighted by Gasteiger charge is -2.07. The maximum Gasteiger partial charge on any atom is 0.259 e. The summed E-state index contributed by atoms with van der Waals surface area (Å²) < 4.78 is 15.4. The van der Waals surface area contributed by atoms with Crippen LogP contribution in [0.3, 0.4) is 0 Å². The van der Waals surface area contributed by atoms with Crippen LogP contribution in [0.25, 0.3) is 0 Å². The number of carbonyl (C=O) groups is 2. The Balaban J connectivity index is 1.87. The normalized spacial score (nSPS) is 10.3. The fourth-order valence-electron chi connectivity index (χ4n) is 2.16. The van der Waals surface area contributed by atoms with E-state index in [1.165, 1.54) is 13.3 Å². The average molecular weight is 371 g/mol. The van der Waals surface area contributed by atoms with Gasteiger partial charge in [0.15, 0.2) is 0 Å². The SMILES string of the molecule is COc1ccc(C(=O)NCC(=O)N/N=C\c2cc(OC)ccc2OC)cc1. The van der Waals surface area contributed by atoms with Crippen LogP contribution in [-0.4, -0.2) is 45.9 Å². The van der Waals surface area contributed by atoms with Gasteiger partial charge in [0.1, 0.15) is 17.2 Å². The van der Waals surface area contributed by atoms with Crippen molar-refractivity contribution in [3.8, 4) is 17.2 Å². The van der Waals surface area contributed by atoms with Crippen LogP contribution in [0, 0.1) is 0 Å². The molecule has 142 valence electrons. The summed E-state index contributed by atoms with van der Waals surface area (Å²) in [5.41, 5.74) is 3.41. The van der Waals surface area contributed by atoms with Crippen LogP contribution >= 0.6 is 0 Å². The first-order valence-corrected chi connectivity index (χ1v) is 8.03. The molecule has 0 atom stereocenters. The highest BCUT2D eigenvalue weighted by Gasteiger charge is 2.08. The minimum atomic E-state index is -0.463. The molecule has 0 fully saturated rings. The molecule has 0 spiro atoms. The van der Waals surface area contributed by atoms with Gasteiger partial charge in [0, 0.05) is 11.1 Å². The number of rotatable bonds is 8. The second-order valence-corrected chi connectivity index (χ2v) is 5.31. The van der Waals surface area contributed by atoms with Gasteiger partial charge in [0.2, 0.25) is 0 Å². The van der Waals surface area contributed by atoms with Crippen LogP contribution in [0.1, 0.15) is 15.9 Å². The Bertz CT molecular complexity index is 819. The van der Waals surface area contributed by atoms with Crippen molar-refractivity contribution >= 4 is 18.0 Å². The number of nitrogens with zero attached hydrogens (tertiary/aromatic N) is 1. The van der Waals surface area contributed by atoms with Crippen molar-refractivity contribution in [1.82, 2.24) is 10.7 Å². The average Bonchev–Trinajstić information content (AvgIpc) is 2.71. The molecule has 0 radical (unpaired) electrons. The van der Waals surface area contributed by atoms with Crippen LogP contribution in [0.2, 0.25) is 0 Å². The van der Waals surface area contributed by atoms with Crippen molar-refractivity contribution in [1.29, 1.82) is 0 Å². The molecule has 2 aromatic rings. The van der Waals surface area contributed by atoms with Gasteiger partial charge >= 0.3 is 0 Å². The molecule has 0 heterocycles. The van der Waals surface area contributed by atoms with Crippen LogP contribution < -0.4 is 25.0 Å². The molecular weight excluding hydrogens is 350 g/mol. The zero-order valence-corrected chi connectivity index (χ0v) is 15.3. The molecule has 0 aliphatic heterocycles. The number of amides is 2. The first-order chi connectivity index (χ1) is 13.1. The summed E-state index contributed by atoms with van der Waals surface area (Å²) in [4.78, 5) is 23.8. The van der Waals surface area contributed by atoms with E-state index >= 15 is 0 Å². The molecule has 0 unspecified atom stereocenters. The molecule has 8 nitrogen and oxygen atoms in total. The minimum Gasteiger partial charge on any atom is -0.497 e. The molecule has 8 heteroatoms. The Morgan fingerprint density at radius 2 is 1.63 bits per heavy atom. The van der Waals surface area contributed by atoms with E-state index in [2.05, 4.69) is 15.8 Å². The van der Waals surface area contributed by atoms with Gasteiger partial charge in [-0.25, -0.2) is 5.43 Å². The summed E-state index contributed by atoms with van der Waals surface area (Å²) in [6.07, 6.45) is 1.44. The predicted molar refractivity (Wildman–Crippen MR) is 101 cm³/mol. The number of hydrogen-bond acceptors (Lipinski definition) is 6. The smallest absolute Gasteiger partial charge is 0.259 e. The molecule has 2 N–H and O–H groups in total. The Hall–Kier alpha value is -3.55. The summed E-state index contributed by atoms with van der Waals surface area (Å²) in [7, 11) is 4.63. The molecule has 0 saturated heterocycles. The van der Waals surface area contributed by atoms with E-state index in [9.17, 15) is 9.59 Å². The highest BCUT2D eigenvalue weighted by Crippen LogP contribution is 2.22. The van der Waals surface area contributed by atoms with Crippen molar-refractivity contribution in [2.75, 3.05) is 27.9 Å². The second-order valence-electron chi connectivity index (χ2n) is 5.31. The Kier molecular flexibility index (Phi) is 7.18. The van der Waals surface area contributed by atoms with E-state index in [4.69, 9.17) is 14.2 Å². The quantitative estimate of drug-likeness (QED) is 0.542. The highest BCUT2D eigenvalue weighted by atomic mass is 16.5. The van der Waals surface area contributed by atoms with Gasteiger partial charge in [-0.3, -0.25) is 9.59 Å². The third-order valence-electron chi connectivity index (χ3n) is 3.59. The molecule has 2 amide bonds. The molecule has 0 bridgehead atoms. The molecule has 27 heavy (non-hydrogen) atoms. The van der Waals surface area contributed by atoms with E-state index in [0.717, 1.165) is 0 Å². The summed E-state index contributed by atoms with van der Waals surface area (Å²) in [6, 6.07) is 11.8. The van der Waals surface area contributed by atoms with Crippen LogP contribution in [-0.2, 0) is 4.79 Å². The van der Waals surface area contributed by atoms with Gasteiger partial charge in [0.05, 0.1) is 34.1 Å². The Morgan fingerprint density at radius 3 is 2.26 bits per heavy atom. The maximum absolute atomic E-state index is 12.0. The van der Waals surface area contributed by atoms with Crippen molar-refractivity contribution in [2.45, 2.75) is 0 Å². The van der Waals surface area contributed by atoms with Crippen LogP contribution in [0.15, 0.2) is 47.6 Å². The zero-order chi connectivity index (χ0) is 19.6. The van der Waals surface area contributed by atoms with Gasteiger partial charge in [0.25, 0.3) is 11.8 Å². The monoisotopic (exact) mass is 371 g/mol. The summed E-state index contributed by atoms with van der Waals surface area (Å²) in [6.45, 7) is -0.211. The topological polar surface area (TPSA) is 98.2 Å². The largest absolute Gasteiger partial charge is 0.497 e. The fraction of sp³-hybridized carbons (Fsp3) is 0.211.